The Morgan fingerprint density at radius 2 is 2.05 bits per heavy atom. The Morgan fingerprint density at radius 3 is 2.65 bits per heavy atom. The number of hydrogen-bond acceptors (Lipinski definition) is 3. The smallest absolute Gasteiger partial charge is 0.317 e. The highest BCUT2D eigenvalue weighted by molar-refractivity contribution is 7.19. The normalized spacial score (nSPS) is 14.6. The molecule has 0 aliphatic heterocycles. The van der Waals surface area contributed by atoms with Crippen LogP contribution in [0.15, 0.2) is 30.3 Å². The van der Waals surface area contributed by atoms with Gasteiger partial charge in [-0.15, -0.1) is 11.3 Å². The highest BCUT2D eigenvalue weighted by atomic mass is 32.1. The van der Waals surface area contributed by atoms with Crippen LogP contribution in [0, 0.1) is 0 Å². The molecule has 20 heavy (non-hydrogen) atoms. The molecule has 3 nitrogen and oxygen atoms in total. The number of thiophene rings is 1. The largest absolute Gasteiger partial charge is 0.480 e. The number of benzene rings is 1. The Labute approximate surface area is 123 Å². The SMILES string of the molecule is CCC(C)N(CC(=O)O)C(C)c1cc2ccccc2s1. The van der Waals surface area contributed by atoms with Crippen LogP contribution in [0.2, 0.25) is 0 Å². The van der Waals surface area contributed by atoms with Crippen molar-refractivity contribution < 1.29 is 9.90 Å². The van der Waals surface area contributed by atoms with Gasteiger partial charge in [-0.1, -0.05) is 25.1 Å². The van der Waals surface area contributed by atoms with Crippen molar-refractivity contribution in [3.8, 4) is 0 Å². The lowest BCUT2D eigenvalue weighted by Gasteiger charge is -2.32. The first-order valence-corrected chi connectivity index (χ1v) is 7.80. The van der Waals surface area contributed by atoms with Crippen molar-refractivity contribution in [3.05, 3.63) is 35.2 Å². The van der Waals surface area contributed by atoms with E-state index < -0.39 is 5.97 Å². The van der Waals surface area contributed by atoms with E-state index in [1.807, 2.05) is 12.1 Å². The third kappa shape index (κ3) is 3.19. The summed E-state index contributed by atoms with van der Waals surface area (Å²) in [6, 6.07) is 10.9. The molecular formula is C16H21NO2S. The molecule has 2 rings (SSSR count). The van der Waals surface area contributed by atoms with Gasteiger partial charge in [0.15, 0.2) is 0 Å². The van der Waals surface area contributed by atoms with Gasteiger partial charge in [-0.2, -0.15) is 0 Å². The van der Waals surface area contributed by atoms with Crippen LogP contribution in [0.1, 0.15) is 38.1 Å². The van der Waals surface area contributed by atoms with Crippen LogP contribution in [-0.4, -0.2) is 28.6 Å². The number of fused-ring (bicyclic) bond motifs is 1. The van der Waals surface area contributed by atoms with Crippen LogP contribution < -0.4 is 0 Å². The van der Waals surface area contributed by atoms with Crippen LogP contribution in [0.3, 0.4) is 0 Å². The Balaban J connectivity index is 2.29. The fraction of sp³-hybridized carbons (Fsp3) is 0.438. The Bertz CT molecular complexity index is 560. The third-order valence-corrected chi connectivity index (χ3v) is 5.11. The van der Waals surface area contributed by atoms with Crippen molar-refractivity contribution >= 4 is 27.4 Å². The first kappa shape index (κ1) is 15.0. The molecule has 0 bridgehead atoms. The zero-order valence-electron chi connectivity index (χ0n) is 12.2. The molecule has 1 heterocycles. The molecule has 0 saturated heterocycles. The molecular weight excluding hydrogens is 270 g/mol. The second kappa shape index (κ2) is 6.37. The zero-order chi connectivity index (χ0) is 14.7. The molecule has 1 aromatic carbocycles. The van der Waals surface area contributed by atoms with Gasteiger partial charge >= 0.3 is 5.97 Å². The molecule has 0 aliphatic rings. The van der Waals surface area contributed by atoms with E-state index in [0.717, 1.165) is 6.42 Å². The van der Waals surface area contributed by atoms with E-state index in [1.54, 1.807) is 11.3 Å². The summed E-state index contributed by atoms with van der Waals surface area (Å²) in [5.41, 5.74) is 0. The molecule has 108 valence electrons. The van der Waals surface area contributed by atoms with Crippen LogP contribution in [0.5, 0.6) is 0 Å². The van der Waals surface area contributed by atoms with Crippen molar-refractivity contribution in [2.75, 3.05) is 6.54 Å². The molecule has 4 heteroatoms. The minimum atomic E-state index is -0.765. The number of carboxylic acid groups (broad SMARTS) is 1. The number of hydrogen-bond donors (Lipinski definition) is 1. The van der Waals surface area contributed by atoms with Crippen molar-refractivity contribution in [1.82, 2.24) is 4.90 Å². The van der Waals surface area contributed by atoms with E-state index in [1.165, 1.54) is 15.0 Å². The van der Waals surface area contributed by atoms with Crippen LogP contribution in [0.4, 0.5) is 0 Å². The fourth-order valence-electron chi connectivity index (χ4n) is 2.44. The Kier molecular flexibility index (Phi) is 4.78. The second-order valence-electron chi connectivity index (χ2n) is 5.19. The molecule has 0 spiro atoms. The predicted octanol–water partition coefficient (Wildman–Crippen LogP) is 4.15. The van der Waals surface area contributed by atoms with Crippen LogP contribution >= 0.6 is 11.3 Å². The van der Waals surface area contributed by atoms with Gasteiger partial charge in [-0.25, -0.2) is 0 Å². The van der Waals surface area contributed by atoms with Crippen LogP contribution in [0.25, 0.3) is 10.1 Å². The molecule has 0 aliphatic carbocycles. The van der Waals surface area contributed by atoms with E-state index in [0.29, 0.717) is 0 Å². The first-order valence-electron chi connectivity index (χ1n) is 6.99. The Hall–Kier alpha value is -1.39. The van der Waals surface area contributed by atoms with Gasteiger partial charge in [0.2, 0.25) is 0 Å². The number of carbonyl (C=O) groups is 1. The molecule has 0 saturated carbocycles. The van der Waals surface area contributed by atoms with Crippen molar-refractivity contribution in [2.24, 2.45) is 0 Å². The maximum atomic E-state index is 11.1. The number of rotatable bonds is 6. The standard InChI is InChI=1S/C16H21NO2S/c1-4-11(2)17(10-16(18)19)12(3)15-9-13-7-5-6-8-14(13)20-15/h5-9,11-12H,4,10H2,1-3H3,(H,18,19). The third-order valence-electron chi connectivity index (χ3n) is 3.83. The molecule has 2 aromatic rings. The molecule has 2 unspecified atom stereocenters. The van der Waals surface area contributed by atoms with Crippen molar-refractivity contribution in [2.45, 2.75) is 39.3 Å². The minimum absolute atomic E-state index is 0.0877. The molecule has 1 aromatic heterocycles. The topological polar surface area (TPSA) is 40.5 Å². The lowest BCUT2D eigenvalue weighted by atomic mass is 10.1. The van der Waals surface area contributed by atoms with Gasteiger partial charge in [-0.3, -0.25) is 9.69 Å². The Morgan fingerprint density at radius 1 is 1.35 bits per heavy atom. The van der Waals surface area contributed by atoms with E-state index in [9.17, 15) is 4.79 Å². The molecule has 2 atom stereocenters. The number of nitrogens with zero attached hydrogens (tertiary/aromatic N) is 1. The average molecular weight is 291 g/mol. The molecule has 0 fully saturated rings. The maximum absolute atomic E-state index is 11.1. The van der Waals surface area contributed by atoms with Crippen LogP contribution in [-0.2, 0) is 4.79 Å². The number of aliphatic carboxylic acids is 1. The minimum Gasteiger partial charge on any atom is -0.480 e. The van der Waals surface area contributed by atoms with Gasteiger partial charge in [-0.05, 0) is 37.8 Å². The molecule has 0 radical (unpaired) electrons. The summed E-state index contributed by atoms with van der Waals surface area (Å²) < 4.78 is 1.26. The van der Waals surface area contributed by atoms with Gasteiger partial charge in [0.05, 0.1) is 6.54 Å². The van der Waals surface area contributed by atoms with Gasteiger partial charge < -0.3 is 5.11 Å². The van der Waals surface area contributed by atoms with Crippen molar-refractivity contribution in [1.29, 1.82) is 0 Å². The van der Waals surface area contributed by atoms with E-state index in [2.05, 4.69) is 43.9 Å². The van der Waals surface area contributed by atoms with Gasteiger partial charge in [0, 0.05) is 21.7 Å². The summed E-state index contributed by atoms with van der Waals surface area (Å²) in [5, 5.41) is 10.4. The highest BCUT2D eigenvalue weighted by Crippen LogP contribution is 2.33. The van der Waals surface area contributed by atoms with E-state index >= 15 is 0 Å². The summed E-state index contributed by atoms with van der Waals surface area (Å²) in [4.78, 5) is 14.4. The predicted molar refractivity (Wildman–Crippen MR) is 84.3 cm³/mol. The molecule has 0 amide bonds. The summed E-state index contributed by atoms with van der Waals surface area (Å²) >= 11 is 1.75. The summed E-state index contributed by atoms with van der Waals surface area (Å²) in [7, 11) is 0. The second-order valence-corrected chi connectivity index (χ2v) is 6.30. The summed E-state index contributed by atoms with van der Waals surface area (Å²) in [5.74, 6) is -0.765. The maximum Gasteiger partial charge on any atom is 0.317 e. The van der Waals surface area contributed by atoms with E-state index in [-0.39, 0.29) is 18.6 Å². The fourth-order valence-corrected chi connectivity index (χ4v) is 3.57. The number of carboxylic acids is 1. The van der Waals surface area contributed by atoms with Gasteiger partial charge in [0.1, 0.15) is 0 Å². The summed E-state index contributed by atoms with van der Waals surface area (Å²) in [6.45, 7) is 6.37. The average Bonchev–Trinajstić information content (AvgIpc) is 2.86. The van der Waals surface area contributed by atoms with Gasteiger partial charge in [0.25, 0.3) is 0 Å². The monoisotopic (exact) mass is 291 g/mol. The molecule has 1 N–H and O–H groups in total. The zero-order valence-corrected chi connectivity index (χ0v) is 13.0. The summed E-state index contributed by atoms with van der Waals surface area (Å²) in [6.07, 6.45) is 0.947. The van der Waals surface area contributed by atoms with Crippen molar-refractivity contribution in [3.63, 3.8) is 0 Å². The lowest BCUT2D eigenvalue weighted by Crippen LogP contribution is -2.38. The lowest BCUT2D eigenvalue weighted by molar-refractivity contribution is -0.139. The highest BCUT2D eigenvalue weighted by Gasteiger charge is 2.24. The van der Waals surface area contributed by atoms with E-state index in [4.69, 9.17) is 5.11 Å². The first-order chi connectivity index (χ1) is 9.52. The quantitative estimate of drug-likeness (QED) is 0.869.